The Labute approximate surface area is 98.7 Å². The highest BCUT2D eigenvalue weighted by molar-refractivity contribution is 5.92. The molecule has 0 aromatic carbocycles. The second-order valence-electron chi connectivity index (χ2n) is 6.94. The molecule has 0 aromatic rings. The van der Waals surface area contributed by atoms with Crippen LogP contribution < -0.4 is 0 Å². The molecule has 1 aliphatic rings. The van der Waals surface area contributed by atoms with E-state index in [1.54, 1.807) is 6.08 Å². The molecule has 92 valence electrons. The summed E-state index contributed by atoms with van der Waals surface area (Å²) in [6.07, 6.45) is 1.62. The van der Waals surface area contributed by atoms with Crippen LogP contribution in [0.5, 0.6) is 0 Å². The molecule has 0 aliphatic heterocycles. The van der Waals surface area contributed by atoms with E-state index in [0.29, 0.717) is 6.42 Å². The van der Waals surface area contributed by atoms with Gasteiger partial charge in [0.2, 0.25) is 0 Å². The molecule has 0 heterocycles. The molecule has 0 aromatic heterocycles. The van der Waals surface area contributed by atoms with E-state index in [1.807, 2.05) is 20.8 Å². The summed E-state index contributed by atoms with van der Waals surface area (Å²) in [6.45, 7) is 12.4. The lowest BCUT2D eigenvalue weighted by atomic mass is 9.66. The van der Waals surface area contributed by atoms with Gasteiger partial charge < -0.3 is 5.11 Å². The van der Waals surface area contributed by atoms with Gasteiger partial charge in [-0.05, 0) is 22.5 Å². The number of allylic oxidation sites excluding steroid dienone is 1. The Hall–Kier alpha value is -0.630. The SMILES string of the molecule is CC(C)(C)C1=CC(=O)CC(C(C)(C)C)[C@@H]1O. The number of hydrogen-bond acceptors (Lipinski definition) is 2. The summed E-state index contributed by atoms with van der Waals surface area (Å²) in [4.78, 5) is 11.7. The van der Waals surface area contributed by atoms with Crippen molar-refractivity contribution < 1.29 is 9.90 Å². The molecular formula is C14H24O2. The van der Waals surface area contributed by atoms with Gasteiger partial charge in [0.15, 0.2) is 5.78 Å². The molecule has 1 unspecified atom stereocenters. The molecule has 2 atom stereocenters. The van der Waals surface area contributed by atoms with Crippen LogP contribution in [-0.2, 0) is 4.79 Å². The highest BCUT2D eigenvalue weighted by Crippen LogP contribution is 2.42. The summed E-state index contributed by atoms with van der Waals surface area (Å²) in [5.74, 6) is 0.175. The molecule has 0 bridgehead atoms. The lowest BCUT2D eigenvalue weighted by molar-refractivity contribution is -0.119. The Kier molecular flexibility index (Phi) is 3.35. The molecule has 1 rings (SSSR count). The van der Waals surface area contributed by atoms with Crippen LogP contribution in [0.25, 0.3) is 0 Å². The summed E-state index contributed by atoms with van der Waals surface area (Å²) in [6, 6.07) is 0. The zero-order valence-electron chi connectivity index (χ0n) is 11.3. The number of aliphatic hydroxyl groups excluding tert-OH is 1. The van der Waals surface area contributed by atoms with Gasteiger partial charge >= 0.3 is 0 Å². The van der Waals surface area contributed by atoms with Crippen molar-refractivity contribution in [3.05, 3.63) is 11.6 Å². The maximum atomic E-state index is 11.7. The Morgan fingerprint density at radius 1 is 1.19 bits per heavy atom. The third-order valence-corrected chi connectivity index (χ3v) is 3.42. The number of hydrogen-bond donors (Lipinski definition) is 1. The molecule has 1 aliphatic carbocycles. The van der Waals surface area contributed by atoms with Crippen LogP contribution in [0.1, 0.15) is 48.0 Å². The van der Waals surface area contributed by atoms with Crippen LogP contribution in [-0.4, -0.2) is 17.0 Å². The van der Waals surface area contributed by atoms with Crippen molar-refractivity contribution in [3.63, 3.8) is 0 Å². The monoisotopic (exact) mass is 224 g/mol. The van der Waals surface area contributed by atoms with Crippen LogP contribution in [0.15, 0.2) is 11.6 Å². The van der Waals surface area contributed by atoms with E-state index in [2.05, 4.69) is 20.8 Å². The number of carbonyl (C=O) groups excluding carboxylic acids is 1. The van der Waals surface area contributed by atoms with Gasteiger partial charge in [-0.1, -0.05) is 41.5 Å². The molecule has 0 spiro atoms. The number of ketones is 1. The van der Waals surface area contributed by atoms with E-state index in [1.165, 1.54) is 0 Å². The molecular weight excluding hydrogens is 200 g/mol. The molecule has 0 fully saturated rings. The topological polar surface area (TPSA) is 37.3 Å². The first-order valence-corrected chi connectivity index (χ1v) is 5.96. The summed E-state index contributed by atoms with van der Waals surface area (Å²) < 4.78 is 0. The van der Waals surface area contributed by atoms with Crippen molar-refractivity contribution in [1.82, 2.24) is 0 Å². The third-order valence-electron chi connectivity index (χ3n) is 3.42. The summed E-state index contributed by atoms with van der Waals surface area (Å²) in [7, 11) is 0. The Morgan fingerprint density at radius 3 is 2.06 bits per heavy atom. The summed E-state index contributed by atoms with van der Waals surface area (Å²) >= 11 is 0. The second kappa shape index (κ2) is 3.99. The highest BCUT2D eigenvalue weighted by Gasteiger charge is 2.40. The Bertz CT molecular complexity index is 313. The maximum absolute atomic E-state index is 11.7. The molecule has 2 nitrogen and oxygen atoms in total. The molecule has 16 heavy (non-hydrogen) atoms. The fourth-order valence-corrected chi connectivity index (χ4v) is 2.30. The molecule has 0 amide bonds. The largest absolute Gasteiger partial charge is 0.388 e. The molecule has 0 saturated carbocycles. The van der Waals surface area contributed by atoms with Crippen LogP contribution in [0.3, 0.4) is 0 Å². The first-order valence-electron chi connectivity index (χ1n) is 5.96. The van der Waals surface area contributed by atoms with E-state index < -0.39 is 6.10 Å². The van der Waals surface area contributed by atoms with Gasteiger partial charge in [-0.15, -0.1) is 0 Å². The van der Waals surface area contributed by atoms with Gasteiger partial charge in [-0.2, -0.15) is 0 Å². The van der Waals surface area contributed by atoms with Crippen molar-refractivity contribution in [2.45, 2.75) is 54.1 Å². The lowest BCUT2D eigenvalue weighted by Crippen LogP contribution is -2.41. The van der Waals surface area contributed by atoms with E-state index in [4.69, 9.17) is 0 Å². The van der Waals surface area contributed by atoms with Crippen LogP contribution in [0.2, 0.25) is 0 Å². The minimum atomic E-state index is -0.488. The quantitative estimate of drug-likeness (QED) is 0.687. The van der Waals surface area contributed by atoms with Crippen molar-refractivity contribution in [1.29, 1.82) is 0 Å². The average molecular weight is 224 g/mol. The first kappa shape index (κ1) is 13.4. The molecule has 1 N–H and O–H groups in total. The normalized spacial score (nSPS) is 27.9. The highest BCUT2D eigenvalue weighted by atomic mass is 16.3. The van der Waals surface area contributed by atoms with Gasteiger partial charge in [0.25, 0.3) is 0 Å². The zero-order chi connectivity index (χ0) is 12.7. The van der Waals surface area contributed by atoms with E-state index in [0.717, 1.165) is 5.57 Å². The van der Waals surface area contributed by atoms with Crippen LogP contribution in [0.4, 0.5) is 0 Å². The molecule has 0 saturated heterocycles. The van der Waals surface area contributed by atoms with E-state index >= 15 is 0 Å². The fraction of sp³-hybridized carbons (Fsp3) is 0.786. The van der Waals surface area contributed by atoms with Gasteiger partial charge in [0.05, 0.1) is 6.10 Å². The summed E-state index contributed by atoms with van der Waals surface area (Å²) in [5.41, 5.74) is 0.697. The van der Waals surface area contributed by atoms with Crippen molar-refractivity contribution >= 4 is 5.78 Å². The first-order chi connectivity index (χ1) is 7.03. The van der Waals surface area contributed by atoms with Crippen molar-refractivity contribution in [2.75, 3.05) is 0 Å². The number of rotatable bonds is 0. The van der Waals surface area contributed by atoms with Gasteiger partial charge in [-0.25, -0.2) is 0 Å². The van der Waals surface area contributed by atoms with Crippen molar-refractivity contribution in [3.8, 4) is 0 Å². The van der Waals surface area contributed by atoms with Gasteiger partial charge in [0, 0.05) is 12.3 Å². The summed E-state index contributed by atoms with van der Waals surface area (Å²) in [5, 5.41) is 10.4. The molecule has 0 radical (unpaired) electrons. The minimum Gasteiger partial charge on any atom is -0.388 e. The molecule has 2 heteroatoms. The van der Waals surface area contributed by atoms with Crippen LogP contribution >= 0.6 is 0 Å². The third kappa shape index (κ3) is 2.73. The van der Waals surface area contributed by atoms with Crippen molar-refractivity contribution in [2.24, 2.45) is 16.7 Å². The van der Waals surface area contributed by atoms with Gasteiger partial charge in [0.1, 0.15) is 0 Å². The smallest absolute Gasteiger partial charge is 0.156 e. The number of aliphatic hydroxyl groups is 1. The number of carbonyl (C=O) groups is 1. The Balaban J connectivity index is 3.10. The lowest BCUT2D eigenvalue weighted by Gasteiger charge is -2.41. The van der Waals surface area contributed by atoms with Crippen LogP contribution in [0, 0.1) is 16.7 Å². The maximum Gasteiger partial charge on any atom is 0.156 e. The fourth-order valence-electron chi connectivity index (χ4n) is 2.30. The van der Waals surface area contributed by atoms with E-state index in [9.17, 15) is 9.90 Å². The minimum absolute atomic E-state index is 0.0271. The zero-order valence-corrected chi connectivity index (χ0v) is 11.3. The van der Waals surface area contributed by atoms with Gasteiger partial charge in [-0.3, -0.25) is 4.79 Å². The average Bonchev–Trinajstić information content (AvgIpc) is 2.04. The van der Waals surface area contributed by atoms with E-state index in [-0.39, 0.29) is 22.5 Å². The predicted octanol–water partition coefficient (Wildman–Crippen LogP) is 2.95. The second-order valence-corrected chi connectivity index (χ2v) is 6.94. The predicted molar refractivity (Wildman–Crippen MR) is 66.1 cm³/mol. The standard InChI is InChI=1S/C14H24O2/c1-13(2,3)10-7-9(15)8-11(12(10)16)14(4,5)6/h7,11-12,16H,8H2,1-6H3/t11?,12-/m1/s1. The Morgan fingerprint density at radius 2 is 1.69 bits per heavy atom.